The van der Waals surface area contributed by atoms with Gasteiger partial charge < -0.3 is 5.11 Å². The summed E-state index contributed by atoms with van der Waals surface area (Å²) in [4.78, 5) is 4.61. The molecule has 0 unspecified atom stereocenters. The number of hydrogen-bond donors (Lipinski definition) is 5. The summed E-state index contributed by atoms with van der Waals surface area (Å²) >= 11 is 1.30. The average Bonchev–Trinajstić information content (AvgIpc) is 3.71. The lowest BCUT2D eigenvalue weighted by Gasteiger charge is -2.07. The van der Waals surface area contributed by atoms with E-state index in [1.54, 1.807) is 17.5 Å². The Morgan fingerprint density at radius 1 is 0.949 bits per heavy atom. The van der Waals surface area contributed by atoms with Gasteiger partial charge >= 0.3 is 0 Å². The predicted octanol–water partition coefficient (Wildman–Crippen LogP) is 2.88. The van der Waals surface area contributed by atoms with Crippen molar-refractivity contribution in [1.29, 1.82) is 0 Å². The Morgan fingerprint density at radius 3 is 2.41 bits per heavy atom. The number of thiazole rings is 1. The van der Waals surface area contributed by atoms with Crippen molar-refractivity contribution >= 4 is 27.2 Å². The molecule has 11 nitrogen and oxygen atoms in total. The van der Waals surface area contributed by atoms with Gasteiger partial charge in [0.05, 0.1) is 4.90 Å². The number of nitrogens with zero attached hydrogens (tertiary/aromatic N) is 4. The zero-order valence-electron chi connectivity index (χ0n) is 20.2. The van der Waals surface area contributed by atoms with Crippen LogP contribution in [0.15, 0.2) is 94.2 Å². The molecule has 0 saturated carbocycles. The Balaban J connectivity index is 1.44. The Labute approximate surface area is 227 Å². The number of hydrogen-bond acceptors (Lipinski definition) is 10. The minimum Gasteiger partial charge on any atom is -0.493 e. The molecule has 6 N–H and O–H groups in total. The molecule has 0 atom stereocenters. The zero-order chi connectivity index (χ0) is 27.0. The van der Waals surface area contributed by atoms with Crippen molar-refractivity contribution in [3.05, 3.63) is 101 Å². The number of primary sulfonamides is 1. The minimum atomic E-state index is -3.82. The molecule has 0 aliphatic carbocycles. The number of sulfonamides is 1. The first-order valence-corrected chi connectivity index (χ1v) is 14.2. The van der Waals surface area contributed by atoms with Crippen molar-refractivity contribution in [2.24, 2.45) is 10.2 Å². The van der Waals surface area contributed by atoms with Gasteiger partial charge in [-0.25, -0.2) is 24.1 Å². The van der Waals surface area contributed by atoms with Gasteiger partial charge in [0, 0.05) is 22.9 Å². The summed E-state index contributed by atoms with van der Waals surface area (Å²) in [6.45, 7) is 0. The van der Waals surface area contributed by atoms with Crippen LogP contribution in [-0.2, 0) is 16.4 Å². The van der Waals surface area contributed by atoms with Gasteiger partial charge in [0.2, 0.25) is 21.0 Å². The van der Waals surface area contributed by atoms with Crippen LogP contribution in [0.25, 0.3) is 27.5 Å². The molecule has 0 fully saturated rings. The molecule has 0 saturated heterocycles. The second-order valence-corrected chi connectivity index (χ2v) is 11.1. The van der Waals surface area contributed by atoms with Crippen molar-refractivity contribution in [3.8, 4) is 33.4 Å². The lowest BCUT2D eigenvalue weighted by Crippen LogP contribution is -2.35. The molecule has 1 aliphatic heterocycles. The topological polar surface area (TPSA) is 160 Å². The van der Waals surface area contributed by atoms with Crippen LogP contribution < -0.4 is 21.6 Å². The van der Waals surface area contributed by atoms with E-state index in [4.69, 9.17) is 10.2 Å². The monoisotopic (exact) mass is 558 g/mol. The molecule has 1 aliphatic rings. The number of hydrazine groups is 2. The largest absolute Gasteiger partial charge is 0.493 e. The van der Waals surface area contributed by atoms with Gasteiger partial charge in [-0.2, -0.15) is 9.78 Å². The molecule has 196 valence electrons. The lowest BCUT2D eigenvalue weighted by molar-refractivity contribution is 0.428. The molecule has 0 spiro atoms. The van der Waals surface area contributed by atoms with Gasteiger partial charge in [-0.05, 0) is 34.9 Å². The van der Waals surface area contributed by atoms with Gasteiger partial charge in [0.25, 0.3) is 0 Å². The Bertz CT molecular complexity index is 1800. The number of rotatable bonds is 7. The standard InChI is InChI=1S/C26H22N8O3S2/c27-39(36,37)20-11-9-16(10-12-20)13-21-23(19-8-4-7-18(14-19)17-5-2-1-3-6-17)31-34(25(21)35)26-28-22(15-38-26)24-29-32-33-30-24/h1-12,14-15,32-33,35H,13H2,(H,29,30)(H2,27,36,37). The quantitative estimate of drug-likeness (QED) is 0.204. The maximum Gasteiger partial charge on any atom is 0.238 e. The van der Waals surface area contributed by atoms with Gasteiger partial charge in [-0.1, -0.05) is 60.7 Å². The molecule has 13 heteroatoms. The second-order valence-electron chi connectivity index (χ2n) is 8.71. The van der Waals surface area contributed by atoms with E-state index >= 15 is 0 Å². The van der Waals surface area contributed by atoms with Gasteiger partial charge in [0.1, 0.15) is 11.4 Å². The average molecular weight is 559 g/mol. The molecule has 3 aromatic carbocycles. The van der Waals surface area contributed by atoms with E-state index in [0.717, 1.165) is 22.3 Å². The van der Waals surface area contributed by atoms with Crippen LogP contribution in [0.1, 0.15) is 16.8 Å². The van der Waals surface area contributed by atoms with Crippen molar-refractivity contribution in [1.82, 2.24) is 31.3 Å². The summed E-state index contributed by atoms with van der Waals surface area (Å²) in [5.41, 5.74) is 13.5. The van der Waals surface area contributed by atoms with E-state index in [1.807, 2.05) is 54.6 Å². The van der Waals surface area contributed by atoms with Gasteiger partial charge in [-0.15, -0.1) is 22.0 Å². The minimum absolute atomic E-state index is 0.0182. The van der Waals surface area contributed by atoms with E-state index in [9.17, 15) is 13.5 Å². The van der Waals surface area contributed by atoms with E-state index in [0.29, 0.717) is 34.3 Å². The fourth-order valence-electron chi connectivity index (χ4n) is 4.24. The van der Waals surface area contributed by atoms with Crippen LogP contribution in [0.5, 0.6) is 5.88 Å². The highest BCUT2D eigenvalue weighted by Gasteiger charge is 2.23. The third-order valence-electron chi connectivity index (χ3n) is 6.15. The van der Waals surface area contributed by atoms with Crippen molar-refractivity contribution < 1.29 is 13.5 Å². The molecule has 3 heterocycles. The molecule has 0 bridgehead atoms. The maximum absolute atomic E-state index is 11.7. The number of aromatic hydroxyl groups is 1. The Morgan fingerprint density at radius 2 is 1.69 bits per heavy atom. The molecule has 0 amide bonds. The van der Waals surface area contributed by atoms with E-state index < -0.39 is 10.0 Å². The number of benzene rings is 3. The summed E-state index contributed by atoms with van der Waals surface area (Å²) in [6.07, 6.45) is 0.294. The molecule has 5 aromatic rings. The number of nitrogens with one attached hydrogen (secondary N) is 3. The van der Waals surface area contributed by atoms with E-state index in [-0.39, 0.29) is 10.8 Å². The fraction of sp³-hybridized carbons (Fsp3) is 0.0385. The SMILES string of the molecule is NS(=O)(=O)c1ccc(Cc2c(-c3cccc(-c4ccccc4)c3)nn(-c3nc(C4=NNNN4)cs3)c2O)cc1. The van der Waals surface area contributed by atoms with Crippen LogP contribution in [0.2, 0.25) is 0 Å². The van der Waals surface area contributed by atoms with Crippen LogP contribution in [0.4, 0.5) is 0 Å². The van der Waals surface area contributed by atoms with E-state index in [2.05, 4.69) is 26.6 Å². The Kier molecular flexibility index (Phi) is 6.32. The van der Waals surface area contributed by atoms with Crippen LogP contribution in [0, 0.1) is 0 Å². The number of aromatic nitrogens is 3. The molecule has 2 aromatic heterocycles. The Hall–Kier alpha value is -4.56. The van der Waals surface area contributed by atoms with Crippen LogP contribution in [-0.4, -0.2) is 34.1 Å². The summed E-state index contributed by atoms with van der Waals surface area (Å²) in [7, 11) is -3.82. The summed E-state index contributed by atoms with van der Waals surface area (Å²) in [5, 5.41) is 27.8. The lowest BCUT2D eigenvalue weighted by atomic mass is 9.98. The third kappa shape index (κ3) is 4.98. The fourth-order valence-corrected chi connectivity index (χ4v) is 5.51. The van der Waals surface area contributed by atoms with Crippen molar-refractivity contribution in [2.45, 2.75) is 11.3 Å². The first-order valence-electron chi connectivity index (χ1n) is 11.8. The first-order chi connectivity index (χ1) is 18.9. The normalized spacial score (nSPS) is 13.1. The summed E-state index contributed by atoms with van der Waals surface area (Å²) in [6, 6.07) is 24.2. The van der Waals surface area contributed by atoms with Crippen LogP contribution >= 0.6 is 11.3 Å². The molecule has 0 radical (unpaired) electrons. The van der Waals surface area contributed by atoms with E-state index in [1.165, 1.54) is 28.2 Å². The highest BCUT2D eigenvalue weighted by molar-refractivity contribution is 7.89. The summed E-state index contributed by atoms with van der Waals surface area (Å²) in [5.74, 6) is 0.444. The summed E-state index contributed by atoms with van der Waals surface area (Å²) < 4.78 is 24.8. The molecule has 39 heavy (non-hydrogen) atoms. The highest BCUT2D eigenvalue weighted by Crippen LogP contribution is 2.36. The maximum atomic E-state index is 11.7. The third-order valence-corrected chi connectivity index (χ3v) is 7.90. The molecule has 6 rings (SSSR count). The molecular weight excluding hydrogens is 536 g/mol. The van der Waals surface area contributed by atoms with Gasteiger partial charge in [-0.3, -0.25) is 5.43 Å². The zero-order valence-corrected chi connectivity index (χ0v) is 21.9. The predicted molar refractivity (Wildman–Crippen MR) is 148 cm³/mol. The van der Waals surface area contributed by atoms with Gasteiger partial charge in [0.15, 0.2) is 5.84 Å². The van der Waals surface area contributed by atoms with Crippen molar-refractivity contribution in [3.63, 3.8) is 0 Å². The molecular formula is C26H22N8O3S2. The first kappa shape index (κ1) is 24.8. The highest BCUT2D eigenvalue weighted by atomic mass is 32.2. The number of amidine groups is 1. The van der Waals surface area contributed by atoms with Crippen LogP contribution in [0.3, 0.4) is 0 Å². The second kappa shape index (κ2) is 9.96. The number of hydrazone groups is 1. The smallest absolute Gasteiger partial charge is 0.238 e. The van der Waals surface area contributed by atoms with Crippen molar-refractivity contribution in [2.75, 3.05) is 0 Å². The number of nitrogens with two attached hydrogens (primary N) is 1.